The van der Waals surface area contributed by atoms with Gasteiger partial charge in [0.05, 0.1) is 18.5 Å². The largest absolute Gasteiger partial charge is 0.497 e. The van der Waals surface area contributed by atoms with E-state index in [0.29, 0.717) is 11.4 Å². The molecule has 1 aromatic heterocycles. The Labute approximate surface area is 180 Å². The fourth-order valence-electron chi connectivity index (χ4n) is 3.12. The van der Waals surface area contributed by atoms with Crippen LogP contribution in [0.5, 0.6) is 5.75 Å². The lowest BCUT2D eigenvalue weighted by atomic mass is 10.1. The summed E-state index contributed by atoms with van der Waals surface area (Å²) in [6, 6.07) is 21.4. The van der Waals surface area contributed by atoms with E-state index in [-0.39, 0.29) is 30.9 Å². The Morgan fingerprint density at radius 1 is 1.10 bits per heavy atom. The quantitative estimate of drug-likeness (QED) is 0.554. The monoisotopic (exact) mass is 424 g/mol. The predicted octanol–water partition coefficient (Wildman–Crippen LogP) is 2.51. The lowest BCUT2D eigenvalue weighted by Gasteiger charge is -2.19. The second kappa shape index (κ2) is 10.6. The molecule has 0 saturated carbocycles. The minimum absolute atomic E-state index is 0.0150. The number of hydrogen-bond donors (Lipinski definition) is 2. The Hall–Kier alpha value is -3.16. The van der Waals surface area contributed by atoms with Gasteiger partial charge < -0.3 is 20.3 Å². The number of nitrogens with two attached hydrogens (primary N) is 1. The normalized spacial score (nSPS) is 11.5. The summed E-state index contributed by atoms with van der Waals surface area (Å²) in [4.78, 5) is 27.6. The van der Waals surface area contributed by atoms with E-state index in [4.69, 9.17) is 4.74 Å². The summed E-state index contributed by atoms with van der Waals surface area (Å²) in [5.74, 6) is 0.303. The first-order valence-electron chi connectivity index (χ1n) is 9.66. The molecule has 0 aliphatic rings. The average molecular weight is 425 g/mol. The van der Waals surface area contributed by atoms with Crippen molar-refractivity contribution in [3.05, 3.63) is 82.6 Å². The van der Waals surface area contributed by atoms with Gasteiger partial charge in [-0.2, -0.15) is 0 Å². The van der Waals surface area contributed by atoms with Crippen LogP contribution in [-0.2, 0) is 9.59 Å². The Morgan fingerprint density at radius 2 is 1.90 bits per heavy atom. The third kappa shape index (κ3) is 5.92. The molecule has 0 aliphatic heterocycles. The van der Waals surface area contributed by atoms with Crippen LogP contribution in [0.15, 0.2) is 72.1 Å². The maximum Gasteiger partial charge on any atom is 0.277 e. The van der Waals surface area contributed by atoms with Crippen molar-refractivity contribution in [3.63, 3.8) is 0 Å². The van der Waals surface area contributed by atoms with Gasteiger partial charge >= 0.3 is 0 Å². The molecule has 3 aromatic rings. The predicted molar refractivity (Wildman–Crippen MR) is 119 cm³/mol. The summed E-state index contributed by atoms with van der Waals surface area (Å²) in [7, 11) is 3.22. The van der Waals surface area contributed by atoms with Crippen molar-refractivity contribution >= 4 is 28.8 Å². The second-order valence-electron chi connectivity index (χ2n) is 6.87. The summed E-state index contributed by atoms with van der Waals surface area (Å²) >= 11 is 1.67. The molecule has 1 heterocycles. The van der Waals surface area contributed by atoms with Crippen LogP contribution < -0.4 is 15.4 Å². The first-order valence-corrected chi connectivity index (χ1v) is 10.5. The Kier molecular flexibility index (Phi) is 7.59. The molecule has 6 nitrogen and oxygen atoms in total. The van der Waals surface area contributed by atoms with Crippen molar-refractivity contribution in [2.45, 2.75) is 6.04 Å². The summed E-state index contributed by atoms with van der Waals surface area (Å²) in [6.07, 6.45) is 0. The van der Waals surface area contributed by atoms with E-state index in [1.165, 1.54) is 9.78 Å². The van der Waals surface area contributed by atoms with Crippen molar-refractivity contribution in [1.82, 2.24) is 4.90 Å². The van der Waals surface area contributed by atoms with E-state index >= 15 is 0 Å². The third-order valence-corrected chi connectivity index (χ3v) is 5.65. The molecule has 30 heavy (non-hydrogen) atoms. The highest BCUT2D eigenvalue weighted by Crippen LogP contribution is 2.22. The fraction of sp³-hybridized carbons (Fsp3) is 0.217. The number of amides is 2. The van der Waals surface area contributed by atoms with E-state index in [1.807, 2.05) is 35.0 Å². The zero-order valence-corrected chi connectivity index (χ0v) is 17.9. The van der Waals surface area contributed by atoms with Gasteiger partial charge in [0.25, 0.3) is 5.91 Å². The zero-order chi connectivity index (χ0) is 21.3. The van der Waals surface area contributed by atoms with Crippen molar-refractivity contribution in [2.75, 3.05) is 32.6 Å². The Morgan fingerprint density at radius 3 is 2.60 bits per heavy atom. The van der Waals surface area contributed by atoms with Crippen LogP contribution in [0.3, 0.4) is 0 Å². The zero-order valence-electron chi connectivity index (χ0n) is 17.1. The maximum atomic E-state index is 12.6. The minimum atomic E-state index is -0.253. The highest BCUT2D eigenvalue weighted by Gasteiger charge is 2.22. The number of benzene rings is 2. The number of anilines is 1. The number of carbonyl (C=O) groups excluding carboxylic acids is 2. The third-order valence-electron chi connectivity index (χ3n) is 4.70. The van der Waals surface area contributed by atoms with Crippen molar-refractivity contribution in [3.8, 4) is 5.75 Å². The molecule has 1 atom stereocenters. The lowest BCUT2D eigenvalue weighted by Crippen LogP contribution is -2.87. The first kappa shape index (κ1) is 21.5. The molecule has 2 aromatic carbocycles. The van der Waals surface area contributed by atoms with Gasteiger partial charge in [0.1, 0.15) is 11.8 Å². The molecular formula is C23H26N3O3S+. The number of ether oxygens (including phenoxy) is 1. The maximum absolute atomic E-state index is 12.6. The first-order chi connectivity index (χ1) is 14.6. The topological polar surface area (TPSA) is 75.2 Å². The van der Waals surface area contributed by atoms with Gasteiger partial charge in [-0.25, -0.2) is 0 Å². The number of rotatable bonds is 9. The van der Waals surface area contributed by atoms with Crippen LogP contribution in [0.25, 0.3) is 0 Å². The molecule has 156 valence electrons. The molecule has 7 heteroatoms. The van der Waals surface area contributed by atoms with Crippen LogP contribution in [0.1, 0.15) is 16.5 Å². The molecule has 0 unspecified atom stereocenters. The summed E-state index contributed by atoms with van der Waals surface area (Å²) in [5, 5.41) is 6.85. The molecule has 2 amide bonds. The molecule has 0 bridgehead atoms. The molecule has 3 rings (SSSR count). The molecule has 0 spiro atoms. The van der Waals surface area contributed by atoms with Crippen LogP contribution in [0.4, 0.5) is 5.69 Å². The van der Waals surface area contributed by atoms with E-state index in [1.54, 1.807) is 49.8 Å². The summed E-state index contributed by atoms with van der Waals surface area (Å²) in [5.41, 5.74) is 1.78. The number of quaternary nitrogens is 1. The van der Waals surface area contributed by atoms with Gasteiger partial charge in [-0.05, 0) is 23.6 Å². The van der Waals surface area contributed by atoms with Crippen molar-refractivity contribution in [1.29, 1.82) is 0 Å². The molecule has 0 saturated heterocycles. The van der Waals surface area contributed by atoms with Crippen LogP contribution >= 0.6 is 11.3 Å². The number of methoxy groups -OCH3 is 1. The van der Waals surface area contributed by atoms with Gasteiger partial charge in [0.2, 0.25) is 5.91 Å². The van der Waals surface area contributed by atoms with E-state index in [9.17, 15) is 9.59 Å². The minimum Gasteiger partial charge on any atom is -0.497 e. The number of hydrogen-bond acceptors (Lipinski definition) is 4. The average Bonchev–Trinajstić information content (AvgIpc) is 3.29. The summed E-state index contributed by atoms with van der Waals surface area (Å²) in [6.45, 7) is 0.235. The number of nitrogens with one attached hydrogen (secondary N) is 1. The summed E-state index contributed by atoms with van der Waals surface area (Å²) < 4.78 is 5.16. The van der Waals surface area contributed by atoms with Gasteiger partial charge in [0.15, 0.2) is 6.54 Å². The number of nitrogens with zero attached hydrogens (tertiary/aromatic N) is 1. The van der Waals surface area contributed by atoms with Gasteiger partial charge in [-0.1, -0.05) is 42.5 Å². The number of thiophene rings is 1. The van der Waals surface area contributed by atoms with Gasteiger partial charge in [-0.15, -0.1) is 11.3 Å². The molecule has 3 N–H and O–H groups in total. The number of likely N-dealkylation sites (N-methyl/N-ethyl adjacent to an activating group) is 1. The highest BCUT2D eigenvalue weighted by atomic mass is 32.1. The van der Waals surface area contributed by atoms with Crippen LogP contribution in [-0.4, -0.2) is 44.0 Å². The Bertz CT molecular complexity index is 961. The van der Waals surface area contributed by atoms with E-state index in [0.717, 1.165) is 5.56 Å². The van der Waals surface area contributed by atoms with Crippen LogP contribution in [0.2, 0.25) is 0 Å². The second-order valence-corrected chi connectivity index (χ2v) is 7.85. The smallest absolute Gasteiger partial charge is 0.277 e. The van der Waals surface area contributed by atoms with Crippen molar-refractivity contribution in [2.24, 2.45) is 0 Å². The van der Waals surface area contributed by atoms with Gasteiger partial charge in [0, 0.05) is 24.4 Å². The highest BCUT2D eigenvalue weighted by molar-refractivity contribution is 7.10. The fourth-order valence-corrected chi connectivity index (χ4v) is 3.97. The Balaban J connectivity index is 1.55. The molecule has 0 radical (unpaired) electrons. The molecule has 0 aliphatic carbocycles. The standard InChI is InChI=1S/C23H25N3O3S/c1-26(16-21(27)25-18-10-6-11-19(14-18)29-2)22(28)15-24-23(20-12-7-13-30-20)17-8-4-3-5-9-17/h3-14,23-24H,15-16H2,1-2H3,(H,25,27)/p+1/t23-/m1/s1. The molecular weight excluding hydrogens is 398 g/mol. The van der Waals surface area contributed by atoms with E-state index < -0.39 is 0 Å². The molecule has 0 fully saturated rings. The lowest BCUT2D eigenvalue weighted by molar-refractivity contribution is -0.676. The van der Waals surface area contributed by atoms with Crippen LogP contribution in [0, 0.1) is 0 Å². The SMILES string of the molecule is COc1cccc(NC(=O)CN(C)C(=O)C[NH2+][C@H](c2ccccc2)c2cccs2)c1. The van der Waals surface area contributed by atoms with Gasteiger partial charge in [-0.3, -0.25) is 9.59 Å². The van der Waals surface area contributed by atoms with E-state index in [2.05, 4.69) is 23.5 Å². The van der Waals surface area contributed by atoms with Crippen molar-refractivity contribution < 1.29 is 19.6 Å². The number of carbonyl (C=O) groups is 2.